The van der Waals surface area contributed by atoms with E-state index in [1.807, 2.05) is 18.7 Å². The summed E-state index contributed by atoms with van der Waals surface area (Å²) in [6.07, 6.45) is 0. The van der Waals surface area contributed by atoms with Crippen molar-refractivity contribution in [3.05, 3.63) is 5.82 Å². The summed E-state index contributed by atoms with van der Waals surface area (Å²) in [6, 6.07) is 0. The van der Waals surface area contributed by atoms with Crippen LogP contribution in [-0.2, 0) is 9.53 Å². The van der Waals surface area contributed by atoms with Crippen LogP contribution in [0.3, 0.4) is 0 Å². The maximum absolute atomic E-state index is 10.4. The van der Waals surface area contributed by atoms with Gasteiger partial charge >= 0.3 is 5.97 Å². The van der Waals surface area contributed by atoms with Crippen LogP contribution < -0.4 is 4.90 Å². The van der Waals surface area contributed by atoms with Gasteiger partial charge in [-0.2, -0.15) is 4.37 Å². The monoisotopic (exact) mass is 243 g/mol. The van der Waals surface area contributed by atoms with Gasteiger partial charge < -0.3 is 14.7 Å². The predicted molar refractivity (Wildman–Crippen MR) is 58.9 cm³/mol. The Morgan fingerprint density at radius 2 is 2.38 bits per heavy atom. The molecule has 1 N–H and O–H groups in total. The largest absolute Gasteiger partial charge is 0.480 e. The van der Waals surface area contributed by atoms with E-state index in [1.165, 1.54) is 11.5 Å². The fraction of sp³-hybridized carbons (Fsp3) is 0.667. The van der Waals surface area contributed by atoms with Gasteiger partial charge in [0.25, 0.3) is 0 Å². The molecule has 1 saturated heterocycles. The van der Waals surface area contributed by atoms with Crippen LogP contribution in [0.5, 0.6) is 0 Å². The minimum Gasteiger partial charge on any atom is -0.480 e. The number of aromatic nitrogens is 2. The summed E-state index contributed by atoms with van der Waals surface area (Å²) in [5.41, 5.74) is -0.377. The number of aliphatic carboxylic acids is 1. The molecule has 1 aliphatic rings. The molecule has 0 atom stereocenters. The van der Waals surface area contributed by atoms with Gasteiger partial charge in [-0.1, -0.05) is 0 Å². The van der Waals surface area contributed by atoms with E-state index in [4.69, 9.17) is 9.84 Å². The summed E-state index contributed by atoms with van der Waals surface area (Å²) in [6.45, 7) is 4.82. The lowest BCUT2D eigenvalue weighted by Crippen LogP contribution is -2.62. The average molecular weight is 243 g/mol. The average Bonchev–Trinajstić information content (AvgIpc) is 2.57. The Kier molecular flexibility index (Phi) is 2.81. The zero-order valence-corrected chi connectivity index (χ0v) is 9.95. The zero-order valence-electron chi connectivity index (χ0n) is 9.13. The molecule has 0 saturated carbocycles. The molecule has 88 valence electrons. The van der Waals surface area contributed by atoms with Crippen molar-refractivity contribution >= 4 is 22.6 Å². The normalized spacial score (nSPS) is 18.2. The molecule has 0 amide bonds. The first-order valence-corrected chi connectivity index (χ1v) is 5.67. The van der Waals surface area contributed by atoms with Crippen molar-refractivity contribution in [2.75, 3.05) is 24.6 Å². The van der Waals surface area contributed by atoms with Crippen LogP contribution in [0.2, 0.25) is 0 Å². The molecule has 2 rings (SSSR count). The molecular formula is C9H13N3O3S. The molecule has 0 unspecified atom stereocenters. The Morgan fingerprint density at radius 1 is 1.69 bits per heavy atom. The maximum Gasteiger partial charge on any atom is 0.329 e. The molecule has 6 nitrogen and oxygen atoms in total. The van der Waals surface area contributed by atoms with Crippen LogP contribution in [0, 0.1) is 6.92 Å². The van der Waals surface area contributed by atoms with E-state index >= 15 is 0 Å². The van der Waals surface area contributed by atoms with E-state index in [0.29, 0.717) is 13.1 Å². The van der Waals surface area contributed by atoms with E-state index in [0.717, 1.165) is 11.0 Å². The highest BCUT2D eigenvalue weighted by molar-refractivity contribution is 7.09. The number of aryl methyl sites for hydroxylation is 1. The topological polar surface area (TPSA) is 75.6 Å². The van der Waals surface area contributed by atoms with Gasteiger partial charge in [-0.15, -0.1) is 0 Å². The lowest BCUT2D eigenvalue weighted by molar-refractivity contribution is -0.150. The van der Waals surface area contributed by atoms with E-state index in [-0.39, 0.29) is 12.2 Å². The minimum atomic E-state index is -0.938. The van der Waals surface area contributed by atoms with Crippen molar-refractivity contribution < 1.29 is 14.6 Å². The second kappa shape index (κ2) is 3.99. The van der Waals surface area contributed by atoms with Crippen molar-refractivity contribution in [3.63, 3.8) is 0 Å². The Balaban J connectivity index is 1.86. The quantitative estimate of drug-likeness (QED) is 0.831. The van der Waals surface area contributed by atoms with Crippen LogP contribution in [0.15, 0.2) is 0 Å². The van der Waals surface area contributed by atoms with Crippen LogP contribution in [0.25, 0.3) is 0 Å². The number of carboxylic acids is 1. The lowest BCUT2D eigenvalue weighted by atomic mass is 9.97. The smallest absolute Gasteiger partial charge is 0.329 e. The van der Waals surface area contributed by atoms with E-state index < -0.39 is 5.97 Å². The number of hydrogen-bond donors (Lipinski definition) is 1. The fourth-order valence-electron chi connectivity index (χ4n) is 1.64. The maximum atomic E-state index is 10.4. The third-order valence-electron chi connectivity index (χ3n) is 2.38. The molecule has 0 spiro atoms. The Labute approximate surface area is 97.0 Å². The second-order valence-electron chi connectivity index (χ2n) is 4.11. The Hall–Kier alpha value is -1.21. The number of ether oxygens (including phenoxy) is 1. The Morgan fingerprint density at radius 3 is 2.88 bits per heavy atom. The van der Waals surface area contributed by atoms with Crippen molar-refractivity contribution in [2.24, 2.45) is 0 Å². The van der Waals surface area contributed by atoms with Crippen LogP contribution in [0.1, 0.15) is 12.7 Å². The van der Waals surface area contributed by atoms with Gasteiger partial charge in [0.1, 0.15) is 18.0 Å². The molecule has 0 radical (unpaired) electrons. The summed E-state index contributed by atoms with van der Waals surface area (Å²) >= 11 is 1.35. The standard InChI is InChI=1S/C9H13N3O3S/c1-6-10-8(16-11-6)12-4-9(2,5-12)15-3-7(13)14/h3-5H2,1-2H3,(H,13,14). The SMILES string of the molecule is Cc1nsc(N2CC(C)(OCC(=O)O)C2)n1. The van der Waals surface area contributed by atoms with Crippen molar-refractivity contribution in [1.82, 2.24) is 9.36 Å². The minimum absolute atomic E-state index is 0.251. The molecule has 16 heavy (non-hydrogen) atoms. The number of hydrogen-bond acceptors (Lipinski definition) is 6. The van der Waals surface area contributed by atoms with Gasteiger partial charge in [-0.05, 0) is 13.8 Å². The van der Waals surface area contributed by atoms with Crippen molar-refractivity contribution in [1.29, 1.82) is 0 Å². The molecule has 2 heterocycles. The highest BCUT2D eigenvalue weighted by Crippen LogP contribution is 2.30. The number of rotatable bonds is 4. The van der Waals surface area contributed by atoms with Gasteiger partial charge in [0.05, 0.1) is 13.1 Å². The molecule has 7 heteroatoms. The number of anilines is 1. The summed E-state index contributed by atoms with van der Waals surface area (Å²) in [4.78, 5) is 16.7. The van der Waals surface area contributed by atoms with Gasteiger partial charge in [-0.25, -0.2) is 9.78 Å². The number of nitrogens with zero attached hydrogens (tertiary/aromatic N) is 3. The summed E-state index contributed by atoms with van der Waals surface area (Å²) in [5, 5.41) is 9.39. The fourth-order valence-corrected chi connectivity index (χ4v) is 2.31. The third-order valence-corrected chi connectivity index (χ3v) is 3.25. The summed E-state index contributed by atoms with van der Waals surface area (Å²) < 4.78 is 9.40. The number of carbonyl (C=O) groups is 1. The summed E-state index contributed by atoms with van der Waals surface area (Å²) in [7, 11) is 0. The van der Waals surface area contributed by atoms with Crippen LogP contribution in [0.4, 0.5) is 5.13 Å². The molecule has 0 bridgehead atoms. The lowest BCUT2D eigenvalue weighted by Gasteiger charge is -2.46. The molecule has 1 aromatic heterocycles. The van der Waals surface area contributed by atoms with Crippen LogP contribution >= 0.6 is 11.5 Å². The van der Waals surface area contributed by atoms with Gasteiger partial charge in [0, 0.05) is 11.5 Å². The first kappa shape index (κ1) is 11.3. The molecule has 1 aliphatic heterocycles. The number of carboxylic acid groups (broad SMARTS) is 1. The zero-order chi connectivity index (χ0) is 11.8. The van der Waals surface area contributed by atoms with Gasteiger partial charge in [0.2, 0.25) is 5.13 Å². The first-order valence-electron chi connectivity index (χ1n) is 4.89. The molecule has 1 fully saturated rings. The van der Waals surface area contributed by atoms with Crippen molar-refractivity contribution in [3.8, 4) is 0 Å². The Bertz CT molecular complexity index is 400. The predicted octanol–water partition coefficient (Wildman–Crippen LogP) is 0.526. The van der Waals surface area contributed by atoms with Crippen molar-refractivity contribution in [2.45, 2.75) is 19.4 Å². The molecule has 0 aromatic carbocycles. The summed E-state index contributed by atoms with van der Waals surface area (Å²) in [5.74, 6) is -0.175. The van der Waals surface area contributed by atoms with Gasteiger partial charge in [0.15, 0.2) is 0 Å². The highest BCUT2D eigenvalue weighted by atomic mass is 32.1. The van der Waals surface area contributed by atoms with E-state index in [1.54, 1.807) is 0 Å². The van der Waals surface area contributed by atoms with E-state index in [2.05, 4.69) is 9.36 Å². The van der Waals surface area contributed by atoms with E-state index in [9.17, 15) is 4.79 Å². The molecule has 1 aromatic rings. The third kappa shape index (κ3) is 2.30. The molecule has 0 aliphatic carbocycles. The molecular weight excluding hydrogens is 230 g/mol. The second-order valence-corrected chi connectivity index (χ2v) is 4.84. The van der Waals surface area contributed by atoms with Crippen LogP contribution in [-0.4, -0.2) is 45.7 Å². The first-order chi connectivity index (χ1) is 7.48. The highest BCUT2D eigenvalue weighted by Gasteiger charge is 2.41. The van der Waals surface area contributed by atoms with Gasteiger partial charge in [-0.3, -0.25) is 0 Å².